The van der Waals surface area contributed by atoms with Gasteiger partial charge in [0.15, 0.2) is 0 Å². The predicted octanol–water partition coefficient (Wildman–Crippen LogP) is 3.41. The number of benzene rings is 2. The molecule has 3 N–H and O–H groups in total. The fourth-order valence-corrected chi connectivity index (χ4v) is 2.72. The Morgan fingerprint density at radius 3 is 2.73 bits per heavy atom. The summed E-state index contributed by atoms with van der Waals surface area (Å²) in [6, 6.07) is 14.0. The van der Waals surface area contributed by atoms with Crippen molar-refractivity contribution in [3.8, 4) is 5.75 Å². The molecular weight excluding hydrogens is 276 g/mol. The number of ether oxygens (including phenoxy) is 1. The molecule has 2 aromatic carbocycles. The Morgan fingerprint density at radius 2 is 1.91 bits per heavy atom. The number of nitrogens with one attached hydrogen (secondary N) is 2. The number of aromatic nitrogens is 1. The number of hydrogen-bond donors (Lipinski definition) is 3. The van der Waals surface area contributed by atoms with Crippen molar-refractivity contribution in [2.45, 2.75) is 26.1 Å². The Bertz CT molecular complexity index is 777. The summed E-state index contributed by atoms with van der Waals surface area (Å²) >= 11 is 0. The van der Waals surface area contributed by atoms with Crippen molar-refractivity contribution in [3.05, 3.63) is 42.5 Å². The van der Waals surface area contributed by atoms with Crippen molar-refractivity contribution in [2.75, 3.05) is 13.1 Å². The van der Waals surface area contributed by atoms with Gasteiger partial charge in [0.2, 0.25) is 5.79 Å². The number of para-hydroxylation sites is 1. The zero-order valence-electron chi connectivity index (χ0n) is 13.0. The van der Waals surface area contributed by atoms with Crippen LogP contribution >= 0.6 is 0 Å². The molecule has 0 spiro atoms. The fraction of sp³-hybridized carbons (Fsp3) is 0.333. The molecule has 4 nitrogen and oxygen atoms in total. The van der Waals surface area contributed by atoms with Crippen LogP contribution in [0.25, 0.3) is 21.8 Å². The minimum atomic E-state index is -1.25. The van der Waals surface area contributed by atoms with Crippen LogP contribution in [0.15, 0.2) is 42.5 Å². The summed E-state index contributed by atoms with van der Waals surface area (Å²) in [5.41, 5.74) is 2.08. The largest absolute Gasteiger partial charge is 0.461 e. The third-order valence-corrected chi connectivity index (χ3v) is 3.70. The van der Waals surface area contributed by atoms with E-state index in [9.17, 15) is 5.11 Å². The summed E-state index contributed by atoms with van der Waals surface area (Å²) in [6.45, 7) is 5.02. The first kappa shape index (κ1) is 14.9. The topological polar surface area (TPSA) is 57.3 Å². The van der Waals surface area contributed by atoms with E-state index in [1.54, 1.807) is 6.92 Å². The fourth-order valence-electron chi connectivity index (χ4n) is 2.72. The molecule has 116 valence electrons. The van der Waals surface area contributed by atoms with E-state index in [2.05, 4.69) is 23.3 Å². The average Bonchev–Trinajstić information content (AvgIpc) is 2.86. The minimum absolute atomic E-state index is 0.388. The van der Waals surface area contributed by atoms with Gasteiger partial charge in [0.05, 0.1) is 12.1 Å². The predicted molar refractivity (Wildman–Crippen MR) is 90.2 cm³/mol. The molecule has 0 aliphatic rings. The van der Waals surface area contributed by atoms with Crippen LogP contribution in [0.4, 0.5) is 0 Å². The lowest BCUT2D eigenvalue weighted by atomic mass is 10.1. The second-order valence-electron chi connectivity index (χ2n) is 5.80. The van der Waals surface area contributed by atoms with Gasteiger partial charge in [0.25, 0.3) is 0 Å². The third kappa shape index (κ3) is 2.93. The molecule has 1 aromatic heterocycles. The SMILES string of the molecule is CCCNCC(C)(O)Oc1cccc2[nH]c3ccccc3c12. The van der Waals surface area contributed by atoms with Crippen molar-refractivity contribution >= 4 is 21.8 Å². The summed E-state index contributed by atoms with van der Waals surface area (Å²) in [7, 11) is 0. The molecule has 1 atom stereocenters. The summed E-state index contributed by atoms with van der Waals surface area (Å²) < 4.78 is 5.90. The van der Waals surface area contributed by atoms with Gasteiger partial charge >= 0.3 is 0 Å². The van der Waals surface area contributed by atoms with E-state index in [1.165, 1.54) is 0 Å². The standard InChI is InChI=1S/C18H22N2O2/c1-3-11-19-12-18(2,21)22-16-10-6-9-15-17(16)13-7-4-5-8-14(13)20-15/h4-10,19-21H,3,11-12H2,1-2H3. The Kier molecular flexibility index (Phi) is 4.05. The molecule has 0 amide bonds. The summed E-state index contributed by atoms with van der Waals surface area (Å²) in [5, 5.41) is 15.8. The molecule has 0 fully saturated rings. The van der Waals surface area contributed by atoms with Gasteiger partial charge < -0.3 is 20.1 Å². The summed E-state index contributed by atoms with van der Waals surface area (Å²) in [6.07, 6.45) is 1.02. The maximum atomic E-state index is 10.5. The smallest absolute Gasteiger partial charge is 0.217 e. The Labute approximate surface area is 130 Å². The van der Waals surface area contributed by atoms with Crippen LogP contribution in [0.1, 0.15) is 20.3 Å². The molecule has 22 heavy (non-hydrogen) atoms. The normalized spacial score (nSPS) is 14.3. The van der Waals surface area contributed by atoms with Crippen LogP contribution in [-0.4, -0.2) is 29.0 Å². The van der Waals surface area contributed by atoms with E-state index in [4.69, 9.17) is 4.74 Å². The van der Waals surface area contributed by atoms with Crippen LogP contribution in [0.3, 0.4) is 0 Å². The number of hydrogen-bond acceptors (Lipinski definition) is 3. The van der Waals surface area contributed by atoms with Crippen LogP contribution in [0.2, 0.25) is 0 Å². The summed E-state index contributed by atoms with van der Waals surface area (Å²) in [4.78, 5) is 3.38. The van der Waals surface area contributed by atoms with Gasteiger partial charge in [0, 0.05) is 23.2 Å². The lowest BCUT2D eigenvalue weighted by molar-refractivity contribution is -0.116. The zero-order chi connectivity index (χ0) is 15.6. The van der Waals surface area contributed by atoms with Gasteiger partial charge in [-0.05, 0) is 31.2 Å². The molecule has 4 heteroatoms. The van der Waals surface area contributed by atoms with E-state index in [0.29, 0.717) is 12.3 Å². The molecule has 3 rings (SSSR count). The van der Waals surface area contributed by atoms with E-state index in [1.807, 2.05) is 36.4 Å². The maximum absolute atomic E-state index is 10.5. The number of fused-ring (bicyclic) bond motifs is 3. The van der Waals surface area contributed by atoms with Gasteiger partial charge in [-0.15, -0.1) is 0 Å². The van der Waals surface area contributed by atoms with Crippen LogP contribution in [0.5, 0.6) is 5.75 Å². The molecule has 1 heterocycles. The summed E-state index contributed by atoms with van der Waals surface area (Å²) in [5.74, 6) is -0.555. The number of aliphatic hydroxyl groups is 1. The zero-order valence-corrected chi connectivity index (χ0v) is 13.0. The second kappa shape index (κ2) is 5.99. The highest BCUT2D eigenvalue weighted by Crippen LogP contribution is 2.34. The third-order valence-electron chi connectivity index (χ3n) is 3.70. The van der Waals surface area contributed by atoms with Gasteiger partial charge in [-0.2, -0.15) is 0 Å². The highest BCUT2D eigenvalue weighted by Gasteiger charge is 2.23. The first-order valence-corrected chi connectivity index (χ1v) is 7.72. The van der Waals surface area contributed by atoms with E-state index in [0.717, 1.165) is 34.8 Å². The number of rotatable bonds is 6. The van der Waals surface area contributed by atoms with Crippen molar-refractivity contribution in [1.82, 2.24) is 10.3 Å². The van der Waals surface area contributed by atoms with Crippen molar-refractivity contribution in [1.29, 1.82) is 0 Å². The van der Waals surface area contributed by atoms with Crippen molar-refractivity contribution < 1.29 is 9.84 Å². The molecule has 0 saturated carbocycles. The first-order chi connectivity index (χ1) is 10.6. The molecule has 0 aliphatic heterocycles. The maximum Gasteiger partial charge on any atom is 0.217 e. The molecule has 0 aliphatic carbocycles. The minimum Gasteiger partial charge on any atom is -0.461 e. The second-order valence-corrected chi connectivity index (χ2v) is 5.80. The van der Waals surface area contributed by atoms with Gasteiger partial charge in [-0.1, -0.05) is 31.2 Å². The Morgan fingerprint density at radius 1 is 1.14 bits per heavy atom. The van der Waals surface area contributed by atoms with E-state index < -0.39 is 5.79 Å². The Hall–Kier alpha value is -2.04. The van der Waals surface area contributed by atoms with Crippen molar-refractivity contribution in [3.63, 3.8) is 0 Å². The highest BCUT2D eigenvalue weighted by molar-refractivity contribution is 6.10. The van der Waals surface area contributed by atoms with Crippen LogP contribution in [0, 0.1) is 0 Å². The first-order valence-electron chi connectivity index (χ1n) is 7.72. The monoisotopic (exact) mass is 298 g/mol. The van der Waals surface area contributed by atoms with E-state index in [-0.39, 0.29) is 0 Å². The van der Waals surface area contributed by atoms with E-state index >= 15 is 0 Å². The van der Waals surface area contributed by atoms with Crippen LogP contribution < -0.4 is 10.1 Å². The van der Waals surface area contributed by atoms with Crippen molar-refractivity contribution in [2.24, 2.45) is 0 Å². The number of H-pyrrole nitrogens is 1. The van der Waals surface area contributed by atoms with Gasteiger partial charge in [0.1, 0.15) is 5.75 Å². The van der Waals surface area contributed by atoms with Gasteiger partial charge in [-0.3, -0.25) is 0 Å². The molecule has 0 radical (unpaired) electrons. The molecule has 1 unspecified atom stereocenters. The average molecular weight is 298 g/mol. The lowest BCUT2D eigenvalue weighted by Crippen LogP contribution is -2.43. The molecular formula is C18H22N2O2. The molecule has 0 saturated heterocycles. The number of aromatic amines is 1. The van der Waals surface area contributed by atoms with Gasteiger partial charge in [-0.25, -0.2) is 0 Å². The lowest BCUT2D eigenvalue weighted by Gasteiger charge is -2.25. The molecule has 3 aromatic rings. The highest BCUT2D eigenvalue weighted by atomic mass is 16.6. The Balaban J connectivity index is 1.96. The molecule has 0 bridgehead atoms. The van der Waals surface area contributed by atoms with Crippen LogP contribution in [-0.2, 0) is 0 Å². The quantitative estimate of drug-likeness (QED) is 0.483.